The third-order valence-corrected chi connectivity index (χ3v) is 6.39. The highest BCUT2D eigenvalue weighted by Gasteiger charge is 2.36. The van der Waals surface area contributed by atoms with Gasteiger partial charge in [0.1, 0.15) is 5.25 Å². The molecule has 1 heterocycles. The van der Waals surface area contributed by atoms with Gasteiger partial charge in [0, 0.05) is 13.1 Å². The number of ether oxygens (including phenoxy) is 1. The van der Waals surface area contributed by atoms with Crippen LogP contribution < -0.4 is 0 Å². The Morgan fingerprint density at radius 3 is 2.30 bits per heavy atom. The zero-order valence-corrected chi connectivity index (χ0v) is 15.2. The molecule has 1 aromatic rings. The summed E-state index contributed by atoms with van der Waals surface area (Å²) in [4.78, 5) is 14.5. The fourth-order valence-electron chi connectivity index (χ4n) is 3.06. The number of carbonyl (C=O) groups excluding carboxylic acids is 1. The third-order valence-electron chi connectivity index (χ3n) is 4.18. The largest absolute Gasteiger partial charge is 0.372 e. The van der Waals surface area contributed by atoms with Crippen molar-refractivity contribution in [2.24, 2.45) is 0 Å². The van der Waals surface area contributed by atoms with E-state index in [0.717, 1.165) is 5.56 Å². The van der Waals surface area contributed by atoms with E-state index in [1.54, 1.807) is 24.0 Å². The Kier molecular flexibility index (Phi) is 5.16. The summed E-state index contributed by atoms with van der Waals surface area (Å²) >= 11 is 0. The molecule has 2 rings (SSSR count). The SMILES string of the molecule is Cc1ccc(S(=O)(=O)[C@@H](C)C(=O)N2C[C@@H](C)O[C@@H](C)C2)c(C)c1. The maximum absolute atomic E-state index is 12.8. The molecule has 0 spiro atoms. The summed E-state index contributed by atoms with van der Waals surface area (Å²) in [7, 11) is -3.70. The van der Waals surface area contributed by atoms with Gasteiger partial charge in [-0.2, -0.15) is 0 Å². The molecule has 0 aromatic heterocycles. The standard InChI is InChI=1S/C17H25NO4S/c1-11-6-7-16(12(2)8-11)23(20,21)15(5)17(19)18-9-13(3)22-14(4)10-18/h6-8,13-15H,9-10H2,1-5H3/t13-,14+,15-/m0/s1. The van der Waals surface area contributed by atoms with Gasteiger partial charge in [0.05, 0.1) is 17.1 Å². The predicted molar refractivity (Wildman–Crippen MR) is 89.2 cm³/mol. The van der Waals surface area contributed by atoms with Crippen molar-refractivity contribution in [1.29, 1.82) is 0 Å². The molecule has 0 aliphatic carbocycles. The first kappa shape index (κ1) is 17.9. The van der Waals surface area contributed by atoms with Crippen molar-refractivity contribution in [2.45, 2.75) is 57.0 Å². The second-order valence-electron chi connectivity index (χ2n) is 6.46. The van der Waals surface area contributed by atoms with Crippen LogP contribution in [0.25, 0.3) is 0 Å². The van der Waals surface area contributed by atoms with E-state index in [9.17, 15) is 13.2 Å². The number of nitrogens with zero attached hydrogens (tertiary/aromatic N) is 1. The maximum Gasteiger partial charge on any atom is 0.241 e. The monoisotopic (exact) mass is 339 g/mol. The van der Waals surface area contributed by atoms with Crippen LogP contribution in [0.5, 0.6) is 0 Å². The summed E-state index contributed by atoms with van der Waals surface area (Å²) in [6, 6.07) is 5.17. The minimum atomic E-state index is -3.70. The second kappa shape index (κ2) is 6.61. The van der Waals surface area contributed by atoms with E-state index in [0.29, 0.717) is 18.7 Å². The highest BCUT2D eigenvalue weighted by atomic mass is 32.2. The Bertz CT molecular complexity index is 689. The molecule has 6 heteroatoms. The fourth-order valence-corrected chi connectivity index (χ4v) is 4.62. The molecule has 0 N–H and O–H groups in total. The van der Waals surface area contributed by atoms with Crippen molar-refractivity contribution in [1.82, 2.24) is 4.90 Å². The van der Waals surface area contributed by atoms with Crippen molar-refractivity contribution in [2.75, 3.05) is 13.1 Å². The van der Waals surface area contributed by atoms with Crippen LogP contribution >= 0.6 is 0 Å². The van der Waals surface area contributed by atoms with E-state index in [1.165, 1.54) is 6.92 Å². The molecular formula is C17H25NO4S. The molecule has 0 saturated carbocycles. The number of sulfone groups is 1. The van der Waals surface area contributed by atoms with Gasteiger partial charge in [-0.15, -0.1) is 0 Å². The van der Waals surface area contributed by atoms with Gasteiger partial charge in [0.25, 0.3) is 0 Å². The van der Waals surface area contributed by atoms with Crippen LogP contribution in [0, 0.1) is 13.8 Å². The van der Waals surface area contributed by atoms with Crippen LogP contribution in [0.3, 0.4) is 0 Å². The minimum absolute atomic E-state index is 0.0845. The summed E-state index contributed by atoms with van der Waals surface area (Å²) in [5.74, 6) is -0.355. The second-order valence-corrected chi connectivity index (χ2v) is 8.69. The lowest BCUT2D eigenvalue weighted by Gasteiger charge is -2.36. The van der Waals surface area contributed by atoms with E-state index >= 15 is 0 Å². The molecule has 3 atom stereocenters. The van der Waals surface area contributed by atoms with Gasteiger partial charge >= 0.3 is 0 Å². The number of aryl methyl sites for hydroxylation is 2. The molecule has 1 saturated heterocycles. The van der Waals surface area contributed by atoms with Crippen LogP contribution in [-0.4, -0.2) is 49.8 Å². The number of hydrogen-bond donors (Lipinski definition) is 0. The summed E-state index contributed by atoms with van der Waals surface area (Å²) in [6.45, 7) is 9.77. The number of amides is 1. The summed E-state index contributed by atoms with van der Waals surface area (Å²) in [5.41, 5.74) is 1.67. The Morgan fingerprint density at radius 1 is 1.22 bits per heavy atom. The summed E-state index contributed by atoms with van der Waals surface area (Å²) in [5, 5.41) is -1.10. The lowest BCUT2D eigenvalue weighted by Crippen LogP contribution is -2.52. The number of morpholine rings is 1. The van der Waals surface area contributed by atoms with E-state index in [4.69, 9.17) is 4.74 Å². The molecule has 1 aliphatic heterocycles. The Hall–Kier alpha value is -1.40. The molecule has 128 valence electrons. The van der Waals surface area contributed by atoms with E-state index < -0.39 is 15.1 Å². The predicted octanol–water partition coefficient (Wildman–Crippen LogP) is 2.10. The zero-order chi connectivity index (χ0) is 17.4. The van der Waals surface area contributed by atoms with Gasteiger partial charge in [-0.05, 0) is 46.2 Å². The van der Waals surface area contributed by atoms with E-state index in [1.807, 2.05) is 26.8 Å². The van der Waals surface area contributed by atoms with E-state index in [2.05, 4.69) is 0 Å². The number of hydrogen-bond acceptors (Lipinski definition) is 4. The molecule has 0 radical (unpaired) electrons. The van der Waals surface area contributed by atoms with Gasteiger partial charge in [-0.1, -0.05) is 17.7 Å². The van der Waals surface area contributed by atoms with Crippen LogP contribution in [0.1, 0.15) is 31.9 Å². The van der Waals surface area contributed by atoms with Gasteiger partial charge in [0.15, 0.2) is 9.84 Å². The molecular weight excluding hydrogens is 314 g/mol. The highest BCUT2D eigenvalue weighted by molar-refractivity contribution is 7.92. The number of benzene rings is 1. The van der Waals surface area contributed by atoms with Crippen molar-refractivity contribution in [3.05, 3.63) is 29.3 Å². The number of carbonyl (C=O) groups is 1. The van der Waals surface area contributed by atoms with Crippen LogP contribution in [0.4, 0.5) is 0 Å². The van der Waals surface area contributed by atoms with Crippen molar-refractivity contribution in [3.8, 4) is 0 Å². The van der Waals surface area contributed by atoms with Crippen molar-refractivity contribution < 1.29 is 17.9 Å². The molecule has 0 bridgehead atoms. The summed E-state index contributed by atoms with van der Waals surface area (Å²) < 4.78 is 31.3. The van der Waals surface area contributed by atoms with Gasteiger partial charge in [-0.3, -0.25) is 4.79 Å². The smallest absolute Gasteiger partial charge is 0.241 e. The van der Waals surface area contributed by atoms with Crippen LogP contribution in [0.15, 0.2) is 23.1 Å². The van der Waals surface area contributed by atoms with Gasteiger partial charge < -0.3 is 9.64 Å². The molecule has 1 amide bonds. The molecule has 1 fully saturated rings. The molecule has 23 heavy (non-hydrogen) atoms. The first-order chi connectivity index (χ1) is 10.6. The Morgan fingerprint density at radius 2 is 1.78 bits per heavy atom. The maximum atomic E-state index is 12.8. The molecule has 0 unspecified atom stereocenters. The van der Waals surface area contributed by atoms with Gasteiger partial charge in [0.2, 0.25) is 5.91 Å². The minimum Gasteiger partial charge on any atom is -0.372 e. The van der Waals surface area contributed by atoms with Gasteiger partial charge in [-0.25, -0.2) is 8.42 Å². The third kappa shape index (κ3) is 3.75. The average Bonchev–Trinajstić information content (AvgIpc) is 2.44. The van der Waals surface area contributed by atoms with Crippen molar-refractivity contribution in [3.63, 3.8) is 0 Å². The molecule has 1 aliphatic rings. The quantitative estimate of drug-likeness (QED) is 0.846. The lowest BCUT2D eigenvalue weighted by atomic mass is 10.2. The zero-order valence-electron chi connectivity index (χ0n) is 14.4. The molecule has 1 aromatic carbocycles. The first-order valence-corrected chi connectivity index (χ1v) is 9.43. The first-order valence-electron chi connectivity index (χ1n) is 7.88. The summed E-state index contributed by atoms with van der Waals surface area (Å²) in [6.07, 6.45) is -0.169. The highest BCUT2D eigenvalue weighted by Crippen LogP contribution is 2.23. The lowest BCUT2D eigenvalue weighted by molar-refractivity contribution is -0.142. The number of rotatable bonds is 3. The average molecular weight is 339 g/mol. The van der Waals surface area contributed by atoms with Crippen LogP contribution in [-0.2, 0) is 19.4 Å². The van der Waals surface area contributed by atoms with Crippen LogP contribution in [0.2, 0.25) is 0 Å². The topological polar surface area (TPSA) is 63.7 Å². The Balaban J connectivity index is 2.27. The molecule has 5 nitrogen and oxygen atoms in total. The normalized spacial score (nSPS) is 23.6. The van der Waals surface area contributed by atoms with Crippen molar-refractivity contribution >= 4 is 15.7 Å². The Labute approximate surface area is 138 Å². The fraction of sp³-hybridized carbons (Fsp3) is 0.588. The van der Waals surface area contributed by atoms with E-state index in [-0.39, 0.29) is 23.0 Å².